The Morgan fingerprint density at radius 2 is 2.00 bits per heavy atom. The first-order valence-electron chi connectivity index (χ1n) is 10.1. The van der Waals surface area contributed by atoms with Gasteiger partial charge in [-0.25, -0.2) is 9.78 Å². The third kappa shape index (κ3) is 6.49. The van der Waals surface area contributed by atoms with E-state index in [0.717, 1.165) is 25.0 Å². The molecule has 1 N–H and O–H groups in total. The minimum Gasteiger partial charge on any atom is -0.466 e. The number of nitrogens with zero attached hydrogens (tertiary/aromatic N) is 1. The van der Waals surface area contributed by atoms with Crippen LogP contribution < -0.4 is 5.32 Å². The van der Waals surface area contributed by atoms with Gasteiger partial charge in [-0.1, -0.05) is 26.8 Å². The summed E-state index contributed by atoms with van der Waals surface area (Å²) in [6.45, 7) is 12.8. The molecule has 1 unspecified atom stereocenters. The van der Waals surface area contributed by atoms with Crippen LogP contribution in [0.2, 0.25) is 18.1 Å². The van der Waals surface area contributed by atoms with Crippen LogP contribution in [0.3, 0.4) is 0 Å². The average molecular weight is 439 g/mol. The van der Waals surface area contributed by atoms with Gasteiger partial charge >= 0.3 is 5.97 Å². The van der Waals surface area contributed by atoms with Gasteiger partial charge in [0.1, 0.15) is 0 Å². The Bertz CT molecular complexity index is 754. The summed E-state index contributed by atoms with van der Waals surface area (Å²) in [5, 5.41) is 5.53. The van der Waals surface area contributed by atoms with Gasteiger partial charge in [0.05, 0.1) is 12.8 Å². The number of amides is 1. The third-order valence-corrected chi connectivity index (χ3v) is 11.3. The SMILES string of the molecule is COC(=O)C=C[C@@H]1CCC(O[Si](C)(C)C(C)(C)C)C[C@H]1c1csc(NC(C)=O)n1. The molecule has 1 heterocycles. The lowest BCUT2D eigenvalue weighted by Crippen LogP contribution is -2.45. The molecule has 0 saturated heterocycles. The highest BCUT2D eigenvalue weighted by Crippen LogP contribution is 2.44. The molecule has 1 fully saturated rings. The summed E-state index contributed by atoms with van der Waals surface area (Å²) in [5.74, 6) is -0.157. The zero-order valence-electron chi connectivity index (χ0n) is 18.6. The first kappa shape index (κ1) is 23.8. The number of nitrogens with one attached hydrogen (secondary N) is 1. The van der Waals surface area contributed by atoms with E-state index in [4.69, 9.17) is 9.16 Å². The molecule has 0 bridgehead atoms. The average Bonchev–Trinajstić information content (AvgIpc) is 3.06. The van der Waals surface area contributed by atoms with E-state index in [1.807, 2.05) is 11.5 Å². The lowest BCUT2D eigenvalue weighted by atomic mass is 9.76. The molecule has 3 atom stereocenters. The first-order valence-corrected chi connectivity index (χ1v) is 13.9. The molecule has 1 aromatic rings. The molecule has 0 aliphatic heterocycles. The van der Waals surface area contributed by atoms with Crippen LogP contribution in [0.15, 0.2) is 17.5 Å². The number of carbonyl (C=O) groups excluding carboxylic acids is 2. The number of methoxy groups -OCH3 is 1. The van der Waals surface area contributed by atoms with Gasteiger partial charge in [-0.2, -0.15) is 0 Å². The van der Waals surface area contributed by atoms with Gasteiger partial charge in [0, 0.05) is 30.4 Å². The van der Waals surface area contributed by atoms with E-state index in [0.29, 0.717) is 5.13 Å². The van der Waals surface area contributed by atoms with Crippen LogP contribution in [0.5, 0.6) is 0 Å². The summed E-state index contributed by atoms with van der Waals surface area (Å²) in [4.78, 5) is 27.6. The van der Waals surface area contributed by atoms with Crippen LogP contribution in [0.4, 0.5) is 5.13 Å². The molecule has 0 radical (unpaired) electrons. The molecule has 1 saturated carbocycles. The van der Waals surface area contributed by atoms with Gasteiger partial charge in [-0.15, -0.1) is 11.3 Å². The first-order chi connectivity index (χ1) is 13.4. The van der Waals surface area contributed by atoms with Crippen LogP contribution in [-0.2, 0) is 18.8 Å². The zero-order chi connectivity index (χ0) is 21.8. The Labute approximate surface area is 179 Å². The van der Waals surface area contributed by atoms with E-state index in [1.165, 1.54) is 31.4 Å². The second-order valence-corrected chi connectivity index (χ2v) is 14.8. The van der Waals surface area contributed by atoms with Crippen molar-refractivity contribution in [1.29, 1.82) is 0 Å². The molecular formula is C21H34N2O4SSi. The van der Waals surface area contributed by atoms with E-state index in [1.54, 1.807) is 0 Å². The number of allylic oxidation sites excluding steroid dienone is 1. The Kier molecular flexibility index (Phi) is 7.81. The summed E-state index contributed by atoms with van der Waals surface area (Å²) in [6.07, 6.45) is 6.36. The molecule has 29 heavy (non-hydrogen) atoms. The number of esters is 1. The fourth-order valence-electron chi connectivity index (χ4n) is 3.36. The molecule has 0 spiro atoms. The standard InChI is InChI=1S/C21H34N2O4SSi/c1-14(24)22-20-23-18(13-28-20)17-12-16(27-29(6,7)21(2,3)4)10-8-15(17)9-11-19(25)26-5/h9,11,13,15-17H,8,10,12H2,1-7H3,(H,22,23,24)/t15-,16?,17+/m0/s1. The predicted molar refractivity (Wildman–Crippen MR) is 120 cm³/mol. The van der Waals surface area contributed by atoms with E-state index in [9.17, 15) is 9.59 Å². The van der Waals surface area contributed by atoms with Crippen LogP contribution in [0.1, 0.15) is 58.6 Å². The molecule has 1 amide bonds. The summed E-state index contributed by atoms with van der Waals surface area (Å²) in [7, 11) is -0.487. The maximum atomic E-state index is 11.6. The Hall–Kier alpha value is -1.51. The van der Waals surface area contributed by atoms with Crippen LogP contribution in [0.25, 0.3) is 0 Å². The summed E-state index contributed by atoms with van der Waals surface area (Å²) in [6, 6.07) is 0. The zero-order valence-corrected chi connectivity index (χ0v) is 20.4. The van der Waals surface area contributed by atoms with Crippen molar-refractivity contribution in [3.8, 4) is 0 Å². The van der Waals surface area contributed by atoms with E-state index in [-0.39, 0.29) is 34.9 Å². The summed E-state index contributed by atoms with van der Waals surface area (Å²) in [5.41, 5.74) is 0.946. The second kappa shape index (κ2) is 9.53. The maximum absolute atomic E-state index is 11.6. The number of anilines is 1. The van der Waals surface area contributed by atoms with Gasteiger partial charge in [0.25, 0.3) is 0 Å². The Morgan fingerprint density at radius 1 is 1.31 bits per heavy atom. The monoisotopic (exact) mass is 438 g/mol. The highest BCUT2D eigenvalue weighted by molar-refractivity contribution is 7.13. The van der Waals surface area contributed by atoms with Crippen LogP contribution in [0, 0.1) is 5.92 Å². The maximum Gasteiger partial charge on any atom is 0.330 e. The van der Waals surface area contributed by atoms with Gasteiger partial charge in [-0.05, 0) is 43.3 Å². The van der Waals surface area contributed by atoms with Crippen LogP contribution in [-0.4, -0.2) is 38.4 Å². The van der Waals surface area contributed by atoms with E-state index < -0.39 is 8.32 Å². The van der Waals surface area contributed by atoms with Crippen molar-refractivity contribution in [2.45, 2.75) is 77.1 Å². The third-order valence-electron chi connectivity index (χ3n) is 5.99. The minimum atomic E-state index is -1.87. The van der Waals surface area contributed by atoms with E-state index in [2.05, 4.69) is 44.2 Å². The van der Waals surface area contributed by atoms with Crippen molar-refractivity contribution in [1.82, 2.24) is 4.98 Å². The largest absolute Gasteiger partial charge is 0.466 e. The number of thiazole rings is 1. The smallest absolute Gasteiger partial charge is 0.330 e. The summed E-state index contributed by atoms with van der Waals surface area (Å²) < 4.78 is 11.4. The van der Waals surface area contributed by atoms with Gasteiger partial charge in [0.2, 0.25) is 5.91 Å². The van der Waals surface area contributed by atoms with Gasteiger partial charge < -0.3 is 14.5 Å². The molecular weight excluding hydrogens is 404 g/mol. The molecule has 2 rings (SSSR count). The van der Waals surface area contributed by atoms with Crippen molar-refractivity contribution < 1.29 is 18.8 Å². The number of hydrogen-bond donors (Lipinski definition) is 1. The lowest BCUT2D eigenvalue weighted by Gasteiger charge is -2.42. The van der Waals surface area contributed by atoms with Gasteiger partial charge in [0.15, 0.2) is 13.4 Å². The van der Waals surface area contributed by atoms with Crippen molar-refractivity contribution in [3.63, 3.8) is 0 Å². The summed E-state index contributed by atoms with van der Waals surface area (Å²) >= 11 is 1.43. The van der Waals surface area contributed by atoms with Crippen molar-refractivity contribution >= 4 is 36.7 Å². The van der Waals surface area contributed by atoms with Crippen molar-refractivity contribution in [3.05, 3.63) is 23.2 Å². The lowest BCUT2D eigenvalue weighted by molar-refractivity contribution is -0.134. The Balaban J connectivity index is 2.23. The fourth-order valence-corrected chi connectivity index (χ4v) is 5.58. The van der Waals surface area contributed by atoms with E-state index >= 15 is 0 Å². The highest BCUT2D eigenvalue weighted by atomic mass is 32.1. The fraction of sp³-hybridized carbons (Fsp3) is 0.667. The Morgan fingerprint density at radius 3 is 2.59 bits per heavy atom. The second-order valence-electron chi connectivity index (χ2n) is 9.22. The van der Waals surface area contributed by atoms with Crippen molar-refractivity contribution in [2.24, 2.45) is 5.92 Å². The number of hydrogen-bond acceptors (Lipinski definition) is 6. The minimum absolute atomic E-state index is 0.129. The molecule has 1 aromatic heterocycles. The number of ether oxygens (including phenoxy) is 1. The molecule has 6 nitrogen and oxygen atoms in total. The molecule has 0 aromatic carbocycles. The van der Waals surface area contributed by atoms with Crippen molar-refractivity contribution in [2.75, 3.05) is 12.4 Å². The van der Waals surface area contributed by atoms with Crippen LogP contribution >= 0.6 is 11.3 Å². The molecule has 162 valence electrons. The molecule has 1 aliphatic rings. The normalized spacial score (nSPS) is 23.2. The van der Waals surface area contributed by atoms with Gasteiger partial charge in [-0.3, -0.25) is 4.79 Å². The predicted octanol–water partition coefficient (Wildman–Crippen LogP) is 5.10. The quantitative estimate of drug-likeness (QED) is 0.380. The number of aromatic nitrogens is 1. The highest BCUT2D eigenvalue weighted by Gasteiger charge is 2.41. The molecule has 8 heteroatoms. The topological polar surface area (TPSA) is 77.5 Å². The molecule has 1 aliphatic carbocycles. The number of rotatable bonds is 6. The number of carbonyl (C=O) groups is 2.